The monoisotopic (exact) mass is 812 g/mol. The van der Waals surface area contributed by atoms with Gasteiger partial charge >= 0.3 is 0 Å². The van der Waals surface area contributed by atoms with Crippen LogP contribution in [-0.2, 0) is 0 Å². The lowest BCUT2D eigenvalue weighted by atomic mass is 9.30. The molecule has 0 fully saturated rings. The van der Waals surface area contributed by atoms with Crippen LogP contribution in [-0.4, -0.2) is 20.1 Å². The number of nitrogens with one attached hydrogen (secondary N) is 1. The van der Waals surface area contributed by atoms with Gasteiger partial charge in [0.25, 0.3) is 20.1 Å². The van der Waals surface area contributed by atoms with Crippen molar-refractivity contribution in [1.29, 1.82) is 0 Å². The van der Waals surface area contributed by atoms with Crippen molar-refractivity contribution in [3.63, 3.8) is 0 Å². The van der Waals surface area contributed by atoms with Crippen LogP contribution in [0.1, 0.15) is 33.4 Å². The van der Waals surface area contributed by atoms with Crippen molar-refractivity contribution in [2.45, 2.75) is 41.5 Å². The smallest absolute Gasteiger partial charge is 0.260 e. The number of aryl methyl sites for hydroxylation is 6. The maximum Gasteiger partial charge on any atom is 0.260 e. The van der Waals surface area contributed by atoms with Crippen LogP contribution in [0.25, 0.3) is 0 Å². The maximum atomic E-state index is 7.16. The number of benzene rings is 8. The third-order valence-corrected chi connectivity index (χ3v) is 14.2. The number of para-hydroxylation sites is 2. The first-order valence-corrected chi connectivity index (χ1v) is 22.0. The Labute approximate surface area is 367 Å². The SMILES string of the molecule is Cc1cc(C)c(N2c3cc4c(cc3B3c5ccccc5Oc5cc(C)cc2c53)B2c3cc5c(cc3Oc3cc(C)cc(c32)O4)Nc2cc(C)cc3c2B5c2ccccc2O3)c(C)c1. The van der Waals surface area contributed by atoms with Gasteiger partial charge < -0.3 is 29.2 Å². The van der Waals surface area contributed by atoms with Crippen molar-refractivity contribution in [2.24, 2.45) is 0 Å². The van der Waals surface area contributed by atoms with Crippen LogP contribution in [0.15, 0.2) is 121 Å². The molecule has 8 aromatic carbocycles. The van der Waals surface area contributed by atoms with Gasteiger partial charge in [0.2, 0.25) is 0 Å². The molecule has 6 nitrogen and oxygen atoms in total. The third-order valence-electron chi connectivity index (χ3n) is 14.2. The van der Waals surface area contributed by atoms with E-state index in [1.165, 1.54) is 44.2 Å². The van der Waals surface area contributed by atoms with Gasteiger partial charge in [0.1, 0.15) is 46.0 Å². The average Bonchev–Trinajstić information content (AvgIpc) is 3.25. The summed E-state index contributed by atoms with van der Waals surface area (Å²) in [6.45, 7) is 12.8. The minimum atomic E-state index is -0.155. The van der Waals surface area contributed by atoms with Crippen LogP contribution in [0.3, 0.4) is 0 Å². The molecule has 0 aliphatic carbocycles. The fourth-order valence-corrected chi connectivity index (χ4v) is 11.9. The van der Waals surface area contributed by atoms with Crippen LogP contribution in [0.2, 0.25) is 0 Å². The zero-order chi connectivity index (χ0) is 42.2. The molecule has 0 bridgehead atoms. The molecular weight excluding hydrogens is 773 g/mol. The number of fused-ring (bicyclic) bond motifs is 12. The number of rotatable bonds is 1. The van der Waals surface area contributed by atoms with Gasteiger partial charge in [-0.25, -0.2) is 0 Å². The number of anilines is 5. The van der Waals surface area contributed by atoms with Gasteiger partial charge in [0.05, 0.1) is 5.69 Å². The Morgan fingerprint density at radius 2 is 0.857 bits per heavy atom. The molecule has 14 rings (SSSR count). The molecule has 0 amide bonds. The fourth-order valence-electron chi connectivity index (χ4n) is 11.9. The molecule has 298 valence electrons. The van der Waals surface area contributed by atoms with E-state index in [1.807, 2.05) is 0 Å². The summed E-state index contributed by atoms with van der Waals surface area (Å²) in [5.74, 6) is 6.99. The van der Waals surface area contributed by atoms with Crippen LogP contribution in [0.5, 0.6) is 46.0 Å². The lowest BCUT2D eigenvalue weighted by Gasteiger charge is -2.42. The summed E-state index contributed by atoms with van der Waals surface area (Å²) in [7, 11) is 0. The standard InChI is InChI=1S/C54H39B3N2O4/c1-27-15-31(5)54(32(6)16-27)59-41-26-46-38(24-36(41)56-34-12-8-10-14-44(34)61-48-20-29(3)18-42(59)52(48)56)57-37-23-35-39(25-45(37)62-49-21-30(4)22-50(63-46)53(49)57)58-40-17-28(2)19-47-51(40)55(35)33-11-7-9-13-43(33)60-47/h7-26,58H,1-6H3. The van der Waals surface area contributed by atoms with E-state index in [9.17, 15) is 0 Å². The molecule has 0 aromatic heterocycles. The zero-order valence-corrected chi connectivity index (χ0v) is 35.9. The average molecular weight is 812 g/mol. The molecule has 0 atom stereocenters. The van der Waals surface area contributed by atoms with Crippen LogP contribution < -0.4 is 78.3 Å². The van der Waals surface area contributed by atoms with Gasteiger partial charge in [0, 0.05) is 40.3 Å². The normalized spacial score (nSPS) is 14.4. The predicted molar refractivity (Wildman–Crippen MR) is 259 cm³/mol. The van der Waals surface area contributed by atoms with Gasteiger partial charge in [-0.1, -0.05) is 66.2 Å². The Hall–Kier alpha value is -7.25. The summed E-state index contributed by atoms with van der Waals surface area (Å²) in [4.78, 5) is 2.49. The van der Waals surface area contributed by atoms with E-state index in [1.54, 1.807) is 0 Å². The van der Waals surface area contributed by atoms with Gasteiger partial charge in [-0.2, -0.15) is 0 Å². The van der Waals surface area contributed by atoms with E-state index >= 15 is 0 Å². The lowest BCUT2D eigenvalue weighted by molar-refractivity contribution is 0.464. The molecule has 0 saturated heterocycles. The highest BCUT2D eigenvalue weighted by molar-refractivity contribution is 7.03. The molecule has 0 radical (unpaired) electrons. The quantitative estimate of drug-likeness (QED) is 0.175. The minimum absolute atomic E-state index is 0.0181. The van der Waals surface area contributed by atoms with Crippen molar-refractivity contribution in [3.05, 3.63) is 155 Å². The van der Waals surface area contributed by atoms with Crippen molar-refractivity contribution >= 4 is 97.7 Å². The van der Waals surface area contributed by atoms with Gasteiger partial charge in [-0.15, -0.1) is 0 Å². The fraction of sp³-hybridized carbons (Fsp3) is 0.111. The van der Waals surface area contributed by atoms with E-state index in [-0.39, 0.29) is 20.1 Å². The highest BCUT2D eigenvalue weighted by Gasteiger charge is 2.48. The number of ether oxygens (including phenoxy) is 4. The summed E-state index contributed by atoms with van der Waals surface area (Å²) < 4.78 is 27.6. The number of nitrogens with zero attached hydrogens (tertiary/aromatic N) is 1. The first-order chi connectivity index (χ1) is 30.6. The minimum Gasteiger partial charge on any atom is -0.458 e. The Morgan fingerprint density at radius 1 is 0.365 bits per heavy atom. The van der Waals surface area contributed by atoms with Crippen molar-refractivity contribution in [1.82, 2.24) is 0 Å². The first kappa shape index (κ1) is 35.4. The van der Waals surface area contributed by atoms with Crippen molar-refractivity contribution in [3.8, 4) is 46.0 Å². The maximum absolute atomic E-state index is 7.16. The van der Waals surface area contributed by atoms with E-state index < -0.39 is 0 Å². The Kier molecular flexibility index (Phi) is 6.86. The summed E-state index contributed by atoms with van der Waals surface area (Å²) in [6.07, 6.45) is 0. The van der Waals surface area contributed by atoms with Crippen molar-refractivity contribution in [2.75, 3.05) is 10.2 Å². The molecule has 0 saturated carbocycles. The Morgan fingerprint density at radius 3 is 1.52 bits per heavy atom. The first-order valence-electron chi connectivity index (χ1n) is 22.0. The zero-order valence-electron chi connectivity index (χ0n) is 35.9. The number of hydrogen-bond donors (Lipinski definition) is 1. The van der Waals surface area contributed by atoms with Gasteiger partial charge in [-0.05, 0) is 162 Å². The van der Waals surface area contributed by atoms with Crippen LogP contribution >= 0.6 is 0 Å². The Bertz CT molecular complexity index is 3430. The highest BCUT2D eigenvalue weighted by Crippen LogP contribution is 2.46. The predicted octanol–water partition coefficient (Wildman–Crippen LogP) is 7.35. The molecule has 6 aliphatic rings. The third kappa shape index (κ3) is 4.77. The molecule has 6 heterocycles. The van der Waals surface area contributed by atoms with Gasteiger partial charge in [-0.3, -0.25) is 0 Å². The molecule has 8 aromatic rings. The van der Waals surface area contributed by atoms with Crippen molar-refractivity contribution < 1.29 is 18.9 Å². The molecular formula is C54H39B3N2O4. The second-order valence-electron chi connectivity index (χ2n) is 18.5. The summed E-state index contributed by atoms with van der Waals surface area (Å²) in [6, 6.07) is 44.3. The van der Waals surface area contributed by atoms with Crippen LogP contribution in [0.4, 0.5) is 28.4 Å². The molecule has 0 unspecified atom stereocenters. The largest absolute Gasteiger partial charge is 0.458 e. The molecule has 9 heteroatoms. The summed E-state index contributed by atoms with van der Waals surface area (Å²) in [5, 5.41) is 3.83. The van der Waals surface area contributed by atoms with E-state index in [2.05, 4.69) is 173 Å². The molecule has 6 aliphatic heterocycles. The lowest BCUT2D eigenvalue weighted by Crippen LogP contribution is -2.64. The highest BCUT2D eigenvalue weighted by atomic mass is 16.5. The molecule has 63 heavy (non-hydrogen) atoms. The number of hydrogen-bond acceptors (Lipinski definition) is 6. The van der Waals surface area contributed by atoms with E-state index in [0.29, 0.717) is 0 Å². The topological polar surface area (TPSA) is 52.2 Å². The summed E-state index contributed by atoms with van der Waals surface area (Å²) >= 11 is 0. The summed E-state index contributed by atoms with van der Waals surface area (Å²) in [5.41, 5.74) is 23.1. The molecule has 1 N–H and O–H groups in total. The van der Waals surface area contributed by atoms with Gasteiger partial charge in [0.15, 0.2) is 0 Å². The second-order valence-corrected chi connectivity index (χ2v) is 18.5. The van der Waals surface area contributed by atoms with Crippen LogP contribution in [0, 0.1) is 41.5 Å². The van der Waals surface area contributed by atoms with E-state index in [4.69, 9.17) is 18.9 Å². The second kappa shape index (κ2) is 12.2. The van der Waals surface area contributed by atoms with E-state index in [0.717, 1.165) is 113 Å². The molecule has 0 spiro atoms. The Balaban J connectivity index is 1.04.